The van der Waals surface area contributed by atoms with Gasteiger partial charge in [-0.1, -0.05) is 0 Å². The molecule has 0 aliphatic carbocycles. The molecule has 1 N–H and O–H groups in total. The van der Waals surface area contributed by atoms with E-state index in [1.165, 1.54) is 5.71 Å². The van der Waals surface area contributed by atoms with Gasteiger partial charge in [0.05, 0.1) is 5.75 Å². The van der Waals surface area contributed by atoms with Crippen molar-refractivity contribution in [2.75, 3.05) is 5.75 Å². The summed E-state index contributed by atoms with van der Waals surface area (Å²) in [5.41, 5.74) is 1.17. The first kappa shape index (κ1) is 8.10. The van der Waals surface area contributed by atoms with Crippen molar-refractivity contribution >= 4 is 23.4 Å². The summed E-state index contributed by atoms with van der Waals surface area (Å²) >= 11 is 1.74. The highest BCUT2D eigenvalue weighted by Gasteiger charge is 2.30. The van der Waals surface area contributed by atoms with Crippen molar-refractivity contribution in [2.45, 2.75) is 31.2 Å². The van der Waals surface area contributed by atoms with Crippen LogP contribution in [-0.2, 0) is 4.79 Å². The quantitative estimate of drug-likeness (QED) is 0.605. The van der Waals surface area contributed by atoms with Crippen LogP contribution in [0.2, 0.25) is 0 Å². The van der Waals surface area contributed by atoms with Crippen molar-refractivity contribution in [3.05, 3.63) is 0 Å². The Hall–Kier alpha value is -0.510. The zero-order chi connectivity index (χ0) is 8.55. The number of hydrogen-bond donors (Lipinski definition) is 1. The molecule has 2 aliphatic heterocycles. The van der Waals surface area contributed by atoms with Crippen molar-refractivity contribution < 1.29 is 4.79 Å². The average molecular weight is 184 g/mol. The number of aliphatic imine (C=N–C) groups is 1. The van der Waals surface area contributed by atoms with E-state index in [1.807, 2.05) is 6.92 Å². The lowest BCUT2D eigenvalue weighted by Gasteiger charge is -2.32. The molecule has 2 rings (SSSR count). The fraction of sp³-hybridized carbons (Fsp3) is 0.750. The van der Waals surface area contributed by atoms with Crippen molar-refractivity contribution in [3.63, 3.8) is 0 Å². The van der Waals surface area contributed by atoms with Crippen LogP contribution in [0.3, 0.4) is 0 Å². The van der Waals surface area contributed by atoms with E-state index >= 15 is 0 Å². The van der Waals surface area contributed by atoms with Crippen LogP contribution in [0.4, 0.5) is 0 Å². The minimum Gasteiger partial charge on any atom is -0.333 e. The van der Waals surface area contributed by atoms with E-state index < -0.39 is 0 Å². The lowest BCUT2D eigenvalue weighted by molar-refractivity contribution is -0.119. The van der Waals surface area contributed by atoms with E-state index in [4.69, 9.17) is 0 Å². The van der Waals surface area contributed by atoms with Crippen molar-refractivity contribution in [2.24, 2.45) is 4.99 Å². The van der Waals surface area contributed by atoms with Gasteiger partial charge in [0.25, 0.3) is 0 Å². The molecule has 2 aliphatic rings. The van der Waals surface area contributed by atoms with E-state index in [-0.39, 0.29) is 12.1 Å². The van der Waals surface area contributed by atoms with Gasteiger partial charge in [0, 0.05) is 11.0 Å². The number of nitrogens with zero attached hydrogens (tertiary/aromatic N) is 1. The van der Waals surface area contributed by atoms with E-state index in [9.17, 15) is 4.79 Å². The van der Waals surface area contributed by atoms with Crippen LogP contribution in [0.1, 0.15) is 19.8 Å². The van der Waals surface area contributed by atoms with Crippen LogP contribution >= 0.6 is 11.8 Å². The molecule has 1 saturated heterocycles. The van der Waals surface area contributed by atoms with E-state index in [0.29, 0.717) is 11.0 Å². The Kier molecular flexibility index (Phi) is 2.09. The summed E-state index contributed by atoms with van der Waals surface area (Å²) in [4.78, 5) is 15.4. The molecule has 3 nitrogen and oxygen atoms in total. The van der Waals surface area contributed by atoms with E-state index in [1.54, 1.807) is 11.8 Å². The summed E-state index contributed by atoms with van der Waals surface area (Å²) in [6.45, 7) is 2.03. The lowest BCUT2D eigenvalue weighted by Crippen LogP contribution is -2.48. The molecular weight excluding hydrogens is 172 g/mol. The second-order valence-electron chi connectivity index (χ2n) is 3.26. The maximum atomic E-state index is 11.0. The van der Waals surface area contributed by atoms with Gasteiger partial charge >= 0.3 is 0 Å². The zero-order valence-electron chi connectivity index (χ0n) is 7.04. The Morgan fingerprint density at radius 3 is 3.33 bits per heavy atom. The molecule has 0 aromatic carbocycles. The molecule has 1 amide bonds. The van der Waals surface area contributed by atoms with Crippen molar-refractivity contribution in [3.8, 4) is 0 Å². The minimum atomic E-state index is 0.0602. The Balaban J connectivity index is 2.12. The zero-order valence-corrected chi connectivity index (χ0v) is 7.86. The smallest absolute Gasteiger partial charge is 0.231 e. The second kappa shape index (κ2) is 3.09. The number of amides is 1. The van der Waals surface area contributed by atoms with Crippen LogP contribution < -0.4 is 5.32 Å². The Morgan fingerprint density at radius 2 is 2.50 bits per heavy atom. The molecule has 0 saturated carbocycles. The lowest BCUT2D eigenvalue weighted by atomic mass is 10.1. The van der Waals surface area contributed by atoms with Crippen molar-refractivity contribution in [1.29, 1.82) is 0 Å². The number of thioether (sulfide) groups is 1. The maximum Gasteiger partial charge on any atom is 0.231 e. The molecule has 4 heteroatoms. The average Bonchev–Trinajstić information content (AvgIpc) is 2.03. The molecule has 2 heterocycles. The maximum absolute atomic E-state index is 11.0. The molecule has 0 bridgehead atoms. The molecule has 0 spiro atoms. The number of carbonyl (C=O) groups excluding carboxylic acids is 1. The van der Waals surface area contributed by atoms with Crippen LogP contribution in [-0.4, -0.2) is 28.8 Å². The number of fused-ring (bicyclic) bond motifs is 1. The molecule has 1 fully saturated rings. The summed E-state index contributed by atoms with van der Waals surface area (Å²) in [7, 11) is 0. The highest BCUT2D eigenvalue weighted by Crippen LogP contribution is 2.27. The molecule has 0 aromatic heterocycles. The first-order valence-corrected chi connectivity index (χ1v) is 5.25. The van der Waals surface area contributed by atoms with Crippen LogP contribution in [0.25, 0.3) is 0 Å². The Morgan fingerprint density at radius 1 is 1.67 bits per heavy atom. The van der Waals surface area contributed by atoms with Gasteiger partial charge in [-0.15, -0.1) is 11.8 Å². The van der Waals surface area contributed by atoms with Crippen LogP contribution in [0, 0.1) is 0 Å². The molecule has 0 aromatic rings. The Labute approximate surface area is 76.0 Å². The molecule has 2 unspecified atom stereocenters. The molecule has 12 heavy (non-hydrogen) atoms. The first-order valence-electron chi connectivity index (χ1n) is 4.20. The standard InChI is InChI=1S/C8H12N2OS/c1-5-2-3-6-8(9-5)10-7(11)4-12-6/h6,8H,2-4H2,1H3,(H,10,11). The second-order valence-corrected chi connectivity index (χ2v) is 4.49. The third-order valence-electron chi connectivity index (χ3n) is 2.24. The summed E-state index contributed by atoms with van der Waals surface area (Å²) in [6, 6.07) is 0. The topological polar surface area (TPSA) is 41.5 Å². The first-order chi connectivity index (χ1) is 5.75. The number of hydrogen-bond acceptors (Lipinski definition) is 3. The normalized spacial score (nSPS) is 35.1. The highest BCUT2D eigenvalue weighted by molar-refractivity contribution is 8.00. The fourth-order valence-corrected chi connectivity index (χ4v) is 2.63. The molecule has 2 atom stereocenters. The van der Waals surface area contributed by atoms with Crippen molar-refractivity contribution in [1.82, 2.24) is 5.32 Å². The Bertz CT molecular complexity index is 239. The van der Waals surface area contributed by atoms with Crippen LogP contribution in [0.5, 0.6) is 0 Å². The molecular formula is C8H12N2OS. The van der Waals surface area contributed by atoms with Gasteiger partial charge in [-0.05, 0) is 19.8 Å². The predicted molar refractivity (Wildman–Crippen MR) is 50.5 cm³/mol. The van der Waals surface area contributed by atoms with Gasteiger partial charge in [-0.3, -0.25) is 9.79 Å². The van der Waals surface area contributed by atoms with Gasteiger partial charge in [-0.25, -0.2) is 0 Å². The summed E-state index contributed by atoms with van der Waals surface area (Å²) in [5, 5.41) is 3.42. The molecule has 66 valence electrons. The SMILES string of the molecule is CC1=NC2NC(=O)CSC2CC1. The fourth-order valence-electron chi connectivity index (χ4n) is 1.58. The number of rotatable bonds is 0. The third-order valence-corrected chi connectivity index (χ3v) is 3.59. The predicted octanol–water partition coefficient (Wildman–Crippen LogP) is 0.799. The number of carbonyl (C=O) groups is 1. The number of nitrogens with one attached hydrogen (secondary N) is 1. The van der Waals surface area contributed by atoms with E-state index in [0.717, 1.165) is 12.8 Å². The summed E-state index contributed by atoms with van der Waals surface area (Å²) in [6.07, 6.45) is 2.31. The largest absolute Gasteiger partial charge is 0.333 e. The minimum absolute atomic E-state index is 0.0602. The van der Waals surface area contributed by atoms with Crippen LogP contribution in [0.15, 0.2) is 4.99 Å². The van der Waals surface area contributed by atoms with E-state index in [2.05, 4.69) is 10.3 Å². The monoisotopic (exact) mass is 184 g/mol. The summed E-state index contributed by atoms with van der Waals surface area (Å²) in [5.74, 6) is 0.732. The van der Waals surface area contributed by atoms with Gasteiger partial charge in [0.1, 0.15) is 6.17 Å². The van der Waals surface area contributed by atoms with Gasteiger partial charge in [0.2, 0.25) is 5.91 Å². The highest BCUT2D eigenvalue weighted by atomic mass is 32.2. The van der Waals surface area contributed by atoms with Gasteiger partial charge in [0.15, 0.2) is 0 Å². The third kappa shape index (κ3) is 1.48. The molecule has 0 radical (unpaired) electrons. The van der Waals surface area contributed by atoms with Gasteiger partial charge in [-0.2, -0.15) is 0 Å². The summed E-state index contributed by atoms with van der Waals surface area (Å²) < 4.78 is 0. The van der Waals surface area contributed by atoms with Gasteiger partial charge < -0.3 is 5.32 Å².